The average Bonchev–Trinajstić information content (AvgIpc) is 3.05. The van der Waals surface area contributed by atoms with Crippen LogP contribution in [0.25, 0.3) is 0 Å². The minimum Gasteiger partial charge on any atom is -0.350 e. The van der Waals surface area contributed by atoms with E-state index in [0.29, 0.717) is 10.4 Å². The lowest BCUT2D eigenvalue weighted by atomic mass is 10.0. The van der Waals surface area contributed by atoms with Crippen molar-refractivity contribution in [3.05, 3.63) is 58.0 Å². The largest absolute Gasteiger partial charge is 0.350 e. The van der Waals surface area contributed by atoms with Gasteiger partial charge in [-0.3, -0.25) is 9.59 Å². The average molecular weight is 334 g/mol. The number of hydrogen-bond acceptors (Lipinski definition) is 3. The summed E-state index contributed by atoms with van der Waals surface area (Å²) in [6, 6.07) is 9.08. The summed E-state index contributed by atoms with van der Waals surface area (Å²) >= 11 is 1.32. The van der Waals surface area contributed by atoms with Crippen molar-refractivity contribution in [3.8, 4) is 0 Å². The third-order valence-corrected chi connectivity index (χ3v) is 4.26. The summed E-state index contributed by atoms with van der Waals surface area (Å²) in [7, 11) is 0. The van der Waals surface area contributed by atoms with Gasteiger partial charge in [0.15, 0.2) is 0 Å². The maximum absolute atomic E-state index is 13.6. The first kappa shape index (κ1) is 17.1. The SMILES string of the molecule is CC(C)[C@H](NC(=O)c1cccs1)C(=O)NCc1ccccc1F. The second kappa shape index (κ2) is 7.87. The lowest BCUT2D eigenvalue weighted by Crippen LogP contribution is -2.49. The monoisotopic (exact) mass is 334 g/mol. The Morgan fingerprint density at radius 1 is 1.17 bits per heavy atom. The van der Waals surface area contributed by atoms with Crippen LogP contribution in [0.4, 0.5) is 4.39 Å². The molecule has 1 aromatic heterocycles. The van der Waals surface area contributed by atoms with E-state index in [-0.39, 0.29) is 30.1 Å². The minimum absolute atomic E-state index is 0.0838. The van der Waals surface area contributed by atoms with Crippen molar-refractivity contribution >= 4 is 23.2 Å². The van der Waals surface area contributed by atoms with E-state index in [2.05, 4.69) is 10.6 Å². The second-order valence-corrected chi connectivity index (χ2v) is 6.43. The molecule has 4 nitrogen and oxygen atoms in total. The molecule has 122 valence electrons. The van der Waals surface area contributed by atoms with Gasteiger partial charge in [0.05, 0.1) is 4.88 Å². The highest BCUT2D eigenvalue weighted by atomic mass is 32.1. The standard InChI is InChI=1S/C17H19FN2O2S/c1-11(2)15(20-16(21)14-8-5-9-23-14)17(22)19-10-12-6-3-4-7-13(12)18/h3-9,11,15H,10H2,1-2H3,(H,19,22)(H,20,21)/t15-/m0/s1. The summed E-state index contributed by atoms with van der Waals surface area (Å²) in [6.45, 7) is 3.79. The summed E-state index contributed by atoms with van der Waals surface area (Å²) in [5.41, 5.74) is 0.410. The predicted octanol–water partition coefficient (Wildman–Crippen LogP) is 2.96. The fourth-order valence-electron chi connectivity index (χ4n) is 2.09. The number of carbonyl (C=O) groups excluding carboxylic acids is 2. The highest BCUT2D eigenvalue weighted by Gasteiger charge is 2.24. The quantitative estimate of drug-likeness (QED) is 0.853. The Balaban J connectivity index is 1.98. The molecule has 0 spiro atoms. The smallest absolute Gasteiger partial charge is 0.262 e. The van der Waals surface area contributed by atoms with Crippen molar-refractivity contribution in [1.82, 2.24) is 10.6 Å². The number of thiophene rings is 1. The number of nitrogens with one attached hydrogen (secondary N) is 2. The first-order valence-corrected chi connectivity index (χ1v) is 8.22. The van der Waals surface area contributed by atoms with Crippen molar-refractivity contribution in [2.75, 3.05) is 0 Å². The molecule has 0 saturated heterocycles. The van der Waals surface area contributed by atoms with Crippen LogP contribution in [0, 0.1) is 11.7 Å². The van der Waals surface area contributed by atoms with Crippen LogP contribution in [-0.4, -0.2) is 17.9 Å². The first-order chi connectivity index (χ1) is 11.0. The molecule has 0 radical (unpaired) electrons. The zero-order valence-electron chi connectivity index (χ0n) is 13.0. The predicted molar refractivity (Wildman–Crippen MR) is 88.7 cm³/mol. The van der Waals surface area contributed by atoms with E-state index in [9.17, 15) is 14.0 Å². The summed E-state index contributed by atoms with van der Waals surface area (Å²) in [5.74, 6) is -1.05. The van der Waals surface area contributed by atoms with E-state index in [0.717, 1.165) is 0 Å². The molecule has 0 aliphatic heterocycles. The molecule has 0 saturated carbocycles. The Hall–Kier alpha value is -2.21. The Labute approximate surface area is 138 Å². The Morgan fingerprint density at radius 2 is 1.91 bits per heavy atom. The van der Waals surface area contributed by atoms with Gasteiger partial charge in [0.1, 0.15) is 11.9 Å². The minimum atomic E-state index is -0.670. The van der Waals surface area contributed by atoms with E-state index in [1.54, 1.807) is 35.7 Å². The molecule has 1 aromatic carbocycles. The molecule has 0 aliphatic carbocycles. The molecular formula is C17H19FN2O2S. The van der Waals surface area contributed by atoms with Crippen molar-refractivity contribution in [2.24, 2.45) is 5.92 Å². The van der Waals surface area contributed by atoms with Crippen LogP contribution in [0.1, 0.15) is 29.1 Å². The lowest BCUT2D eigenvalue weighted by molar-refractivity contribution is -0.124. The highest BCUT2D eigenvalue weighted by Crippen LogP contribution is 2.11. The fourth-order valence-corrected chi connectivity index (χ4v) is 2.72. The van der Waals surface area contributed by atoms with Gasteiger partial charge >= 0.3 is 0 Å². The number of carbonyl (C=O) groups is 2. The summed E-state index contributed by atoms with van der Waals surface area (Å²) in [5, 5.41) is 7.22. The highest BCUT2D eigenvalue weighted by molar-refractivity contribution is 7.12. The fraction of sp³-hybridized carbons (Fsp3) is 0.294. The van der Waals surface area contributed by atoms with Crippen molar-refractivity contribution in [3.63, 3.8) is 0 Å². The molecule has 1 heterocycles. The molecular weight excluding hydrogens is 315 g/mol. The maximum atomic E-state index is 13.6. The summed E-state index contributed by atoms with van der Waals surface area (Å²) in [4.78, 5) is 25.0. The molecule has 2 N–H and O–H groups in total. The summed E-state index contributed by atoms with van der Waals surface area (Å²) < 4.78 is 13.6. The number of halogens is 1. The van der Waals surface area contributed by atoms with Gasteiger partial charge in [-0.2, -0.15) is 0 Å². The molecule has 6 heteroatoms. The molecule has 0 aliphatic rings. The first-order valence-electron chi connectivity index (χ1n) is 7.34. The van der Waals surface area contributed by atoms with E-state index in [1.807, 2.05) is 13.8 Å². The van der Waals surface area contributed by atoms with Gasteiger partial charge in [0, 0.05) is 12.1 Å². The van der Waals surface area contributed by atoms with Gasteiger partial charge in [0.25, 0.3) is 5.91 Å². The van der Waals surface area contributed by atoms with Crippen LogP contribution < -0.4 is 10.6 Å². The number of benzene rings is 1. The summed E-state index contributed by atoms with van der Waals surface area (Å²) in [6.07, 6.45) is 0. The van der Waals surface area contributed by atoms with Gasteiger partial charge in [-0.05, 0) is 23.4 Å². The molecule has 1 atom stereocenters. The van der Waals surface area contributed by atoms with E-state index in [4.69, 9.17) is 0 Å². The molecule has 0 fully saturated rings. The third-order valence-electron chi connectivity index (χ3n) is 3.39. The Morgan fingerprint density at radius 3 is 2.52 bits per heavy atom. The Bertz CT molecular complexity index is 671. The molecule has 2 aromatic rings. The zero-order chi connectivity index (χ0) is 16.8. The molecule has 0 bridgehead atoms. The van der Waals surface area contributed by atoms with Crippen molar-refractivity contribution < 1.29 is 14.0 Å². The number of amides is 2. The van der Waals surface area contributed by atoms with Crippen LogP contribution >= 0.6 is 11.3 Å². The van der Waals surface area contributed by atoms with Crippen LogP contribution in [0.2, 0.25) is 0 Å². The van der Waals surface area contributed by atoms with Crippen LogP contribution in [0.3, 0.4) is 0 Å². The third kappa shape index (κ3) is 4.63. The van der Waals surface area contributed by atoms with Crippen LogP contribution in [0.5, 0.6) is 0 Å². The lowest BCUT2D eigenvalue weighted by Gasteiger charge is -2.21. The molecule has 2 rings (SSSR count). The van der Waals surface area contributed by atoms with Gasteiger partial charge in [0.2, 0.25) is 5.91 Å². The van der Waals surface area contributed by atoms with E-state index >= 15 is 0 Å². The van der Waals surface area contributed by atoms with Gasteiger partial charge in [-0.1, -0.05) is 38.1 Å². The van der Waals surface area contributed by atoms with Crippen LogP contribution in [-0.2, 0) is 11.3 Å². The van der Waals surface area contributed by atoms with Gasteiger partial charge in [-0.15, -0.1) is 11.3 Å². The number of rotatable bonds is 6. The normalized spacial score (nSPS) is 12.0. The van der Waals surface area contributed by atoms with E-state index < -0.39 is 6.04 Å². The zero-order valence-corrected chi connectivity index (χ0v) is 13.8. The molecule has 0 unspecified atom stereocenters. The van der Waals surface area contributed by atoms with Crippen molar-refractivity contribution in [1.29, 1.82) is 0 Å². The van der Waals surface area contributed by atoms with Gasteiger partial charge < -0.3 is 10.6 Å². The second-order valence-electron chi connectivity index (χ2n) is 5.48. The van der Waals surface area contributed by atoms with Crippen LogP contribution in [0.15, 0.2) is 41.8 Å². The number of hydrogen-bond donors (Lipinski definition) is 2. The van der Waals surface area contributed by atoms with Gasteiger partial charge in [-0.25, -0.2) is 4.39 Å². The molecule has 2 amide bonds. The van der Waals surface area contributed by atoms with Crippen molar-refractivity contribution in [2.45, 2.75) is 26.4 Å². The topological polar surface area (TPSA) is 58.2 Å². The molecule has 23 heavy (non-hydrogen) atoms. The van der Waals surface area contributed by atoms with E-state index in [1.165, 1.54) is 17.4 Å². The maximum Gasteiger partial charge on any atom is 0.262 e. The Kier molecular flexibility index (Phi) is 5.87.